The summed E-state index contributed by atoms with van der Waals surface area (Å²) in [7, 11) is 0. The molecule has 9 heteroatoms. The fraction of sp³-hybridized carbons (Fsp3) is 0.304. The molecule has 2 aromatic carbocycles. The lowest BCUT2D eigenvalue weighted by Crippen LogP contribution is -2.11. The third kappa shape index (κ3) is 5.67. The molecule has 1 atom stereocenters. The van der Waals surface area contributed by atoms with Crippen molar-refractivity contribution in [3.8, 4) is 17.2 Å². The molecular formula is C23H26N4O4S. The molecule has 0 fully saturated rings. The van der Waals surface area contributed by atoms with Crippen molar-refractivity contribution < 1.29 is 14.4 Å². The topological polar surface area (TPSA) is 92.3 Å². The minimum absolute atomic E-state index is 0.275. The van der Waals surface area contributed by atoms with E-state index in [9.17, 15) is 10.1 Å². The Kier molecular flexibility index (Phi) is 7.88. The van der Waals surface area contributed by atoms with E-state index in [0.29, 0.717) is 35.7 Å². The molecule has 0 radical (unpaired) electrons. The number of nitro groups is 1. The van der Waals surface area contributed by atoms with Crippen LogP contribution in [0, 0.1) is 24.0 Å². The zero-order valence-electron chi connectivity index (χ0n) is 18.4. The van der Waals surface area contributed by atoms with Crippen LogP contribution in [0.2, 0.25) is 0 Å². The molecule has 0 saturated carbocycles. The number of hydrogen-bond acceptors (Lipinski definition) is 7. The van der Waals surface area contributed by atoms with Crippen molar-refractivity contribution in [2.24, 2.45) is 0 Å². The SMILES string of the molecule is C=CCOc1ccc([C@H](C[N+](=O)[O-])Sc2nnc(C)n2-c2ccc(C)cc2)cc1OCC. The Labute approximate surface area is 191 Å². The molecule has 168 valence electrons. The monoisotopic (exact) mass is 454 g/mol. The molecular weight excluding hydrogens is 428 g/mol. The summed E-state index contributed by atoms with van der Waals surface area (Å²) >= 11 is 1.30. The summed E-state index contributed by atoms with van der Waals surface area (Å²) in [5.74, 6) is 1.82. The van der Waals surface area contributed by atoms with Gasteiger partial charge in [0, 0.05) is 10.6 Å². The Hall–Kier alpha value is -3.33. The number of aryl methyl sites for hydroxylation is 2. The smallest absolute Gasteiger partial charge is 0.220 e. The van der Waals surface area contributed by atoms with E-state index < -0.39 is 5.25 Å². The maximum Gasteiger partial charge on any atom is 0.220 e. The molecule has 0 spiro atoms. The first-order valence-electron chi connectivity index (χ1n) is 10.2. The van der Waals surface area contributed by atoms with Crippen molar-refractivity contribution in [2.75, 3.05) is 19.8 Å². The van der Waals surface area contributed by atoms with Gasteiger partial charge >= 0.3 is 0 Å². The Morgan fingerprint density at radius 3 is 2.56 bits per heavy atom. The van der Waals surface area contributed by atoms with Gasteiger partial charge in [0.15, 0.2) is 16.7 Å². The van der Waals surface area contributed by atoms with Crippen LogP contribution in [-0.4, -0.2) is 39.4 Å². The number of nitrogens with zero attached hydrogens (tertiary/aromatic N) is 4. The van der Waals surface area contributed by atoms with E-state index in [0.717, 1.165) is 16.8 Å². The third-order valence-corrected chi connectivity index (χ3v) is 5.83. The quantitative estimate of drug-likeness (QED) is 0.175. The molecule has 0 bridgehead atoms. The van der Waals surface area contributed by atoms with Crippen LogP contribution in [0.3, 0.4) is 0 Å². The van der Waals surface area contributed by atoms with Crippen LogP contribution in [0.15, 0.2) is 60.3 Å². The average Bonchev–Trinajstić information content (AvgIpc) is 3.13. The summed E-state index contributed by atoms with van der Waals surface area (Å²) in [5, 5.41) is 20.1. The third-order valence-electron chi connectivity index (χ3n) is 4.65. The Morgan fingerprint density at radius 2 is 1.91 bits per heavy atom. The lowest BCUT2D eigenvalue weighted by atomic mass is 10.1. The summed E-state index contributed by atoms with van der Waals surface area (Å²) in [5.41, 5.74) is 2.79. The van der Waals surface area contributed by atoms with E-state index in [2.05, 4.69) is 16.8 Å². The summed E-state index contributed by atoms with van der Waals surface area (Å²) in [6.07, 6.45) is 1.65. The Bertz CT molecular complexity index is 1080. The van der Waals surface area contributed by atoms with Gasteiger partial charge in [0.05, 0.1) is 6.61 Å². The first-order chi connectivity index (χ1) is 15.4. The maximum absolute atomic E-state index is 11.5. The van der Waals surface area contributed by atoms with Crippen LogP contribution in [0.25, 0.3) is 5.69 Å². The van der Waals surface area contributed by atoms with Crippen LogP contribution >= 0.6 is 11.8 Å². The molecule has 0 aliphatic heterocycles. The predicted molar refractivity (Wildman–Crippen MR) is 125 cm³/mol. The molecule has 3 rings (SSSR count). The molecule has 0 unspecified atom stereocenters. The largest absolute Gasteiger partial charge is 0.490 e. The van der Waals surface area contributed by atoms with Crippen molar-refractivity contribution in [1.29, 1.82) is 0 Å². The maximum atomic E-state index is 11.5. The molecule has 1 aromatic heterocycles. The van der Waals surface area contributed by atoms with Crippen molar-refractivity contribution in [2.45, 2.75) is 31.2 Å². The van der Waals surface area contributed by atoms with E-state index >= 15 is 0 Å². The molecule has 1 heterocycles. The average molecular weight is 455 g/mol. The fourth-order valence-corrected chi connectivity index (χ4v) is 4.31. The highest BCUT2D eigenvalue weighted by Gasteiger charge is 2.25. The van der Waals surface area contributed by atoms with Crippen LogP contribution in [0.1, 0.15) is 29.1 Å². The number of rotatable bonds is 11. The zero-order valence-corrected chi connectivity index (χ0v) is 19.2. The standard InChI is InChI=1S/C23H26N4O4S/c1-5-13-31-20-12-9-18(14-21(20)30-6-2)22(15-26(28)29)32-23-25-24-17(4)27(23)19-10-7-16(3)8-11-19/h5,7-12,14,22H,1,6,13,15H2,2-4H3/t22-/m0/s1. The van der Waals surface area contributed by atoms with Crippen molar-refractivity contribution >= 4 is 11.8 Å². The molecule has 0 N–H and O–H groups in total. The molecule has 0 amide bonds. The second-order valence-electron chi connectivity index (χ2n) is 7.06. The number of aromatic nitrogens is 3. The summed E-state index contributed by atoms with van der Waals surface area (Å²) < 4.78 is 13.3. The van der Waals surface area contributed by atoms with E-state index in [1.54, 1.807) is 18.2 Å². The van der Waals surface area contributed by atoms with Gasteiger partial charge in [-0.15, -0.1) is 10.2 Å². The normalized spacial score (nSPS) is 11.7. The minimum Gasteiger partial charge on any atom is -0.490 e. The Morgan fingerprint density at radius 1 is 1.16 bits per heavy atom. The van der Waals surface area contributed by atoms with E-state index in [1.165, 1.54) is 11.8 Å². The fourth-order valence-electron chi connectivity index (χ4n) is 3.14. The van der Waals surface area contributed by atoms with Gasteiger partial charge in [0.1, 0.15) is 17.7 Å². The van der Waals surface area contributed by atoms with Crippen LogP contribution in [0.5, 0.6) is 11.5 Å². The highest BCUT2D eigenvalue weighted by molar-refractivity contribution is 7.99. The number of thioether (sulfide) groups is 1. The van der Waals surface area contributed by atoms with Gasteiger partial charge in [-0.05, 0) is 50.6 Å². The molecule has 0 aliphatic rings. The summed E-state index contributed by atoms with van der Waals surface area (Å²) in [4.78, 5) is 11.2. The predicted octanol–water partition coefficient (Wildman–Crippen LogP) is 4.96. The highest BCUT2D eigenvalue weighted by atomic mass is 32.2. The first-order valence-corrected chi connectivity index (χ1v) is 11.1. The van der Waals surface area contributed by atoms with Crippen molar-refractivity contribution in [3.05, 3.63) is 82.2 Å². The number of hydrogen-bond donors (Lipinski definition) is 0. The van der Waals surface area contributed by atoms with Gasteiger partial charge < -0.3 is 9.47 Å². The number of ether oxygens (including phenoxy) is 2. The van der Waals surface area contributed by atoms with Gasteiger partial charge in [-0.1, -0.05) is 48.2 Å². The summed E-state index contributed by atoms with van der Waals surface area (Å²) in [6, 6.07) is 13.4. The second kappa shape index (κ2) is 10.8. The second-order valence-corrected chi connectivity index (χ2v) is 8.23. The van der Waals surface area contributed by atoms with Crippen LogP contribution in [0.4, 0.5) is 0 Å². The first kappa shape index (κ1) is 23.3. The van der Waals surface area contributed by atoms with Gasteiger partial charge in [-0.25, -0.2) is 0 Å². The van der Waals surface area contributed by atoms with Crippen LogP contribution in [-0.2, 0) is 0 Å². The Balaban J connectivity index is 1.97. The molecule has 32 heavy (non-hydrogen) atoms. The van der Waals surface area contributed by atoms with Crippen LogP contribution < -0.4 is 9.47 Å². The lowest BCUT2D eigenvalue weighted by Gasteiger charge is -2.17. The van der Waals surface area contributed by atoms with E-state index in [-0.39, 0.29) is 11.5 Å². The van der Waals surface area contributed by atoms with Gasteiger partial charge in [-0.3, -0.25) is 14.7 Å². The van der Waals surface area contributed by atoms with E-state index in [4.69, 9.17) is 9.47 Å². The lowest BCUT2D eigenvalue weighted by molar-refractivity contribution is -0.479. The zero-order chi connectivity index (χ0) is 23.1. The molecule has 3 aromatic rings. The van der Waals surface area contributed by atoms with Crippen molar-refractivity contribution in [3.63, 3.8) is 0 Å². The molecule has 0 saturated heterocycles. The van der Waals surface area contributed by atoms with Gasteiger partial charge in [0.25, 0.3) is 0 Å². The number of benzene rings is 2. The minimum atomic E-state index is -0.495. The van der Waals surface area contributed by atoms with Gasteiger partial charge in [0.2, 0.25) is 6.54 Å². The molecule has 8 nitrogen and oxygen atoms in total. The van der Waals surface area contributed by atoms with Gasteiger partial charge in [-0.2, -0.15) is 0 Å². The summed E-state index contributed by atoms with van der Waals surface area (Å²) in [6.45, 7) is 9.92. The van der Waals surface area contributed by atoms with E-state index in [1.807, 2.05) is 55.7 Å². The molecule has 0 aliphatic carbocycles. The van der Waals surface area contributed by atoms with Crippen molar-refractivity contribution in [1.82, 2.24) is 14.8 Å². The highest BCUT2D eigenvalue weighted by Crippen LogP contribution is 2.39.